The maximum Gasteiger partial charge on any atom is 0.256 e. The van der Waals surface area contributed by atoms with Crippen LogP contribution < -0.4 is 15.4 Å². The lowest BCUT2D eigenvalue weighted by atomic mass is 9.91. The molecule has 142 valence electrons. The molecule has 1 aromatic heterocycles. The van der Waals surface area contributed by atoms with Gasteiger partial charge in [-0.15, -0.1) is 24.8 Å². The summed E-state index contributed by atoms with van der Waals surface area (Å²) in [6.07, 6.45) is 2.89. The summed E-state index contributed by atoms with van der Waals surface area (Å²) in [4.78, 5) is 16.8. The van der Waals surface area contributed by atoms with Gasteiger partial charge in [-0.1, -0.05) is 18.2 Å². The molecule has 2 aromatic rings. The second-order valence-corrected chi connectivity index (χ2v) is 5.70. The Balaban J connectivity index is 0.00000169. The molecule has 6 nitrogen and oxygen atoms in total. The van der Waals surface area contributed by atoms with Gasteiger partial charge < -0.3 is 20.1 Å². The van der Waals surface area contributed by atoms with Crippen LogP contribution in [0.1, 0.15) is 12.8 Å². The summed E-state index contributed by atoms with van der Waals surface area (Å²) in [6, 6.07) is 12.9. The van der Waals surface area contributed by atoms with Crippen LogP contribution in [0.5, 0.6) is 11.6 Å². The van der Waals surface area contributed by atoms with Crippen molar-refractivity contribution in [1.82, 2.24) is 10.3 Å². The predicted octanol–water partition coefficient (Wildman–Crippen LogP) is 3.42. The third-order valence-electron chi connectivity index (χ3n) is 4.18. The minimum Gasteiger partial charge on any atom is -0.439 e. The van der Waals surface area contributed by atoms with E-state index in [1.54, 1.807) is 25.4 Å². The minimum atomic E-state index is -0.773. The molecule has 0 saturated carbocycles. The van der Waals surface area contributed by atoms with E-state index in [1.165, 1.54) is 0 Å². The molecule has 2 N–H and O–H groups in total. The van der Waals surface area contributed by atoms with Crippen LogP contribution in [0.3, 0.4) is 0 Å². The highest BCUT2D eigenvalue weighted by atomic mass is 35.5. The van der Waals surface area contributed by atoms with Crippen LogP contribution in [0.15, 0.2) is 48.7 Å². The average Bonchev–Trinajstić information content (AvgIpc) is 2.64. The number of hydrogen-bond donors (Lipinski definition) is 2. The minimum absolute atomic E-state index is 0. The molecule has 1 aliphatic rings. The van der Waals surface area contributed by atoms with Crippen LogP contribution in [0.25, 0.3) is 0 Å². The van der Waals surface area contributed by atoms with Gasteiger partial charge in [0.05, 0.1) is 11.9 Å². The smallest absolute Gasteiger partial charge is 0.256 e. The lowest BCUT2D eigenvalue weighted by Gasteiger charge is -2.34. The summed E-state index contributed by atoms with van der Waals surface area (Å²) in [6.45, 7) is 1.53. The van der Waals surface area contributed by atoms with Crippen LogP contribution in [-0.2, 0) is 9.53 Å². The summed E-state index contributed by atoms with van der Waals surface area (Å²) in [5.74, 6) is 1.06. The van der Waals surface area contributed by atoms with Gasteiger partial charge in [0.25, 0.3) is 5.91 Å². The Morgan fingerprint density at radius 2 is 1.81 bits per heavy atom. The second kappa shape index (κ2) is 10.3. The van der Waals surface area contributed by atoms with Gasteiger partial charge in [-0.05, 0) is 44.1 Å². The van der Waals surface area contributed by atoms with Gasteiger partial charge in [-0.2, -0.15) is 0 Å². The largest absolute Gasteiger partial charge is 0.439 e. The highest BCUT2D eigenvalue weighted by molar-refractivity contribution is 5.97. The number of nitrogens with zero attached hydrogens (tertiary/aromatic N) is 1. The zero-order valence-corrected chi connectivity index (χ0v) is 16.1. The highest BCUT2D eigenvalue weighted by Crippen LogP contribution is 2.25. The quantitative estimate of drug-likeness (QED) is 0.805. The number of ether oxygens (including phenoxy) is 2. The average molecular weight is 400 g/mol. The number of carbonyl (C=O) groups excluding carboxylic acids is 1. The molecule has 1 fully saturated rings. The summed E-state index contributed by atoms with van der Waals surface area (Å²) in [7, 11) is 1.58. The first-order valence-corrected chi connectivity index (χ1v) is 7.98. The fourth-order valence-electron chi connectivity index (χ4n) is 2.72. The van der Waals surface area contributed by atoms with Gasteiger partial charge in [-0.25, -0.2) is 4.98 Å². The van der Waals surface area contributed by atoms with Gasteiger partial charge in [0.1, 0.15) is 11.4 Å². The number of amides is 1. The van der Waals surface area contributed by atoms with Crippen LogP contribution in [0, 0.1) is 0 Å². The number of aromatic nitrogens is 1. The van der Waals surface area contributed by atoms with E-state index in [0.29, 0.717) is 24.4 Å². The molecule has 1 aliphatic heterocycles. The summed E-state index contributed by atoms with van der Waals surface area (Å²) >= 11 is 0. The Morgan fingerprint density at radius 1 is 1.12 bits per heavy atom. The Kier molecular flexibility index (Phi) is 8.81. The molecule has 0 atom stereocenters. The number of carbonyl (C=O) groups is 1. The van der Waals surface area contributed by atoms with E-state index in [0.717, 1.165) is 18.8 Å². The van der Waals surface area contributed by atoms with Crippen molar-refractivity contribution < 1.29 is 14.3 Å². The molecule has 26 heavy (non-hydrogen) atoms. The molecule has 1 saturated heterocycles. The number of anilines is 1. The van der Waals surface area contributed by atoms with Crippen molar-refractivity contribution >= 4 is 36.4 Å². The summed E-state index contributed by atoms with van der Waals surface area (Å²) in [5.41, 5.74) is -0.153. The Bertz CT molecular complexity index is 678. The van der Waals surface area contributed by atoms with Gasteiger partial charge >= 0.3 is 0 Å². The molecular weight excluding hydrogens is 377 g/mol. The van der Waals surface area contributed by atoms with E-state index >= 15 is 0 Å². The van der Waals surface area contributed by atoms with Crippen LogP contribution in [-0.4, -0.2) is 36.7 Å². The van der Waals surface area contributed by atoms with Crippen molar-refractivity contribution in [1.29, 1.82) is 0 Å². The molecule has 1 aromatic carbocycles. The molecule has 0 spiro atoms. The fourth-order valence-corrected chi connectivity index (χ4v) is 2.72. The van der Waals surface area contributed by atoms with Gasteiger partial charge in [0, 0.05) is 13.2 Å². The van der Waals surface area contributed by atoms with E-state index in [9.17, 15) is 4.79 Å². The van der Waals surface area contributed by atoms with Crippen molar-refractivity contribution in [3.63, 3.8) is 0 Å². The van der Waals surface area contributed by atoms with E-state index in [1.807, 2.05) is 30.3 Å². The third-order valence-corrected chi connectivity index (χ3v) is 4.18. The molecular formula is C18H23Cl2N3O3. The lowest BCUT2D eigenvalue weighted by molar-refractivity contribution is -0.140. The number of hydrogen-bond acceptors (Lipinski definition) is 5. The molecule has 8 heteroatoms. The van der Waals surface area contributed by atoms with E-state index < -0.39 is 5.60 Å². The lowest BCUT2D eigenvalue weighted by Crippen LogP contribution is -2.51. The highest BCUT2D eigenvalue weighted by Gasteiger charge is 2.39. The van der Waals surface area contributed by atoms with Crippen LogP contribution >= 0.6 is 24.8 Å². The molecule has 0 radical (unpaired) electrons. The molecule has 0 unspecified atom stereocenters. The topological polar surface area (TPSA) is 72.5 Å². The SMILES string of the molecule is COC1(C(=O)Nc2ccc(Oc3ccccc3)nc2)CCNCC1.Cl.Cl. The second-order valence-electron chi connectivity index (χ2n) is 5.70. The summed E-state index contributed by atoms with van der Waals surface area (Å²) in [5, 5.41) is 6.12. The number of para-hydroxylation sites is 1. The maximum absolute atomic E-state index is 12.6. The van der Waals surface area contributed by atoms with Crippen LogP contribution in [0.4, 0.5) is 5.69 Å². The summed E-state index contributed by atoms with van der Waals surface area (Å²) < 4.78 is 11.2. The van der Waals surface area contributed by atoms with Crippen molar-refractivity contribution in [3.8, 4) is 11.6 Å². The number of halogens is 2. The Morgan fingerprint density at radius 3 is 2.38 bits per heavy atom. The number of benzene rings is 1. The predicted molar refractivity (Wildman–Crippen MR) is 106 cm³/mol. The van der Waals surface area contributed by atoms with Crippen LogP contribution in [0.2, 0.25) is 0 Å². The molecule has 1 amide bonds. The van der Waals surface area contributed by atoms with Crippen molar-refractivity contribution in [2.24, 2.45) is 0 Å². The van der Waals surface area contributed by atoms with E-state index in [4.69, 9.17) is 9.47 Å². The van der Waals surface area contributed by atoms with Gasteiger partial charge in [0.15, 0.2) is 0 Å². The standard InChI is InChI=1S/C18H21N3O3.2ClH/c1-23-18(9-11-19-12-10-18)17(22)21-14-7-8-16(20-13-14)24-15-5-3-2-4-6-15;;/h2-8,13,19H,9-12H2,1H3,(H,21,22);2*1H. The Hall–Kier alpha value is -1.86. The van der Waals surface area contributed by atoms with Gasteiger partial charge in [0.2, 0.25) is 5.88 Å². The number of piperidine rings is 1. The van der Waals surface area contributed by atoms with Crippen molar-refractivity contribution in [2.45, 2.75) is 18.4 Å². The number of pyridine rings is 1. The maximum atomic E-state index is 12.6. The Labute approximate surface area is 165 Å². The van der Waals surface area contributed by atoms with E-state index in [2.05, 4.69) is 15.6 Å². The molecule has 2 heterocycles. The number of rotatable bonds is 5. The normalized spacial score (nSPS) is 15.1. The monoisotopic (exact) mass is 399 g/mol. The third kappa shape index (κ3) is 5.32. The van der Waals surface area contributed by atoms with Crippen molar-refractivity contribution in [2.75, 3.05) is 25.5 Å². The number of nitrogens with one attached hydrogen (secondary N) is 2. The first kappa shape index (κ1) is 22.2. The van der Waals surface area contributed by atoms with Crippen molar-refractivity contribution in [3.05, 3.63) is 48.7 Å². The first-order valence-electron chi connectivity index (χ1n) is 7.98. The number of methoxy groups -OCH3 is 1. The van der Waals surface area contributed by atoms with Gasteiger partial charge in [-0.3, -0.25) is 4.79 Å². The molecule has 0 aliphatic carbocycles. The molecule has 0 bridgehead atoms. The molecule has 3 rings (SSSR count). The zero-order valence-electron chi connectivity index (χ0n) is 14.4. The first-order chi connectivity index (χ1) is 11.7. The fraction of sp³-hybridized carbons (Fsp3) is 0.333. The zero-order chi connectivity index (χ0) is 16.8. The van der Waals surface area contributed by atoms with E-state index in [-0.39, 0.29) is 30.7 Å².